The van der Waals surface area contributed by atoms with Gasteiger partial charge < -0.3 is 34.6 Å². The van der Waals surface area contributed by atoms with Crippen LogP contribution in [-0.2, 0) is 9.36 Å². The number of amides is 1. The lowest BCUT2D eigenvalue weighted by molar-refractivity contribution is -0.123. The third-order valence-electron chi connectivity index (χ3n) is 6.59. The summed E-state index contributed by atoms with van der Waals surface area (Å²) in [6, 6.07) is 13.2. The van der Waals surface area contributed by atoms with Crippen LogP contribution in [0.5, 0.6) is 5.75 Å². The molecule has 2 aliphatic heterocycles. The Kier molecular flexibility index (Phi) is 8.35. The highest BCUT2D eigenvalue weighted by atomic mass is 35.5. The van der Waals surface area contributed by atoms with Gasteiger partial charge in [0, 0.05) is 49.0 Å². The molecule has 10 nitrogen and oxygen atoms in total. The number of nitrogens with one attached hydrogen (secondary N) is 2. The number of nitrogens with zero attached hydrogens (tertiary/aromatic N) is 5. The molecule has 5 rings (SSSR count). The highest BCUT2D eigenvalue weighted by Crippen LogP contribution is 2.40. The van der Waals surface area contributed by atoms with Crippen molar-refractivity contribution in [2.24, 2.45) is 0 Å². The lowest BCUT2D eigenvalue weighted by Gasteiger charge is -2.39. The maximum atomic E-state index is 12.8. The number of aromatic nitrogens is 2. The molecular formula is C29H33ClN7O3P. The molecule has 0 atom stereocenters. The predicted octanol–water partition coefficient (Wildman–Crippen LogP) is 4.87. The SMILES string of the molecule is CN(C)C/C=C/C(=O)N1C=C2COc3cc(Nc4ncc(Cl)c(Nc5ccccc5P(C)(C)=O)n4)ccc3N2CC1. The summed E-state index contributed by atoms with van der Waals surface area (Å²) in [6.45, 7) is 5.76. The van der Waals surface area contributed by atoms with Crippen molar-refractivity contribution in [1.29, 1.82) is 0 Å². The number of anilines is 5. The van der Waals surface area contributed by atoms with Crippen molar-refractivity contribution in [1.82, 2.24) is 19.8 Å². The van der Waals surface area contributed by atoms with Crippen LogP contribution in [0.4, 0.5) is 28.8 Å². The monoisotopic (exact) mass is 593 g/mol. The molecule has 3 heterocycles. The van der Waals surface area contributed by atoms with Crippen LogP contribution >= 0.6 is 18.7 Å². The summed E-state index contributed by atoms with van der Waals surface area (Å²) in [6.07, 6.45) is 6.87. The van der Waals surface area contributed by atoms with Crippen LogP contribution in [0, 0.1) is 0 Å². The first-order valence-corrected chi connectivity index (χ1v) is 16.1. The highest BCUT2D eigenvalue weighted by Gasteiger charge is 2.28. The second-order valence-electron chi connectivity index (χ2n) is 10.4. The molecular weight excluding hydrogens is 561 g/mol. The minimum Gasteiger partial charge on any atom is -0.485 e. The molecule has 3 aromatic rings. The molecule has 12 heteroatoms. The van der Waals surface area contributed by atoms with Crippen LogP contribution in [0.3, 0.4) is 0 Å². The Morgan fingerprint density at radius 3 is 2.76 bits per heavy atom. The molecule has 2 aliphatic rings. The van der Waals surface area contributed by atoms with Gasteiger partial charge in [-0.05, 0) is 51.7 Å². The van der Waals surface area contributed by atoms with Gasteiger partial charge in [-0.3, -0.25) is 4.79 Å². The number of likely N-dealkylation sites (N-methyl/N-ethyl adjacent to an activating group) is 1. The maximum Gasteiger partial charge on any atom is 0.250 e. The quantitative estimate of drug-likeness (QED) is 0.280. The molecule has 1 aromatic heterocycles. The Bertz CT molecular complexity index is 1570. The number of benzene rings is 2. The molecule has 2 N–H and O–H groups in total. The Labute approximate surface area is 245 Å². The van der Waals surface area contributed by atoms with Gasteiger partial charge in [0.1, 0.15) is 24.5 Å². The van der Waals surface area contributed by atoms with Crippen LogP contribution < -0.4 is 25.6 Å². The Hall–Kier alpha value is -3.85. The Morgan fingerprint density at radius 2 is 1.98 bits per heavy atom. The van der Waals surface area contributed by atoms with Crippen molar-refractivity contribution in [3.63, 3.8) is 0 Å². The van der Waals surface area contributed by atoms with Gasteiger partial charge in [0.25, 0.3) is 0 Å². The van der Waals surface area contributed by atoms with Crippen molar-refractivity contribution >= 4 is 58.8 Å². The zero-order valence-corrected chi connectivity index (χ0v) is 25.1. The fourth-order valence-corrected chi connectivity index (χ4v) is 5.89. The first kappa shape index (κ1) is 28.7. The fourth-order valence-electron chi connectivity index (χ4n) is 4.59. The number of carbonyl (C=O) groups excluding carboxylic acids is 1. The second-order valence-corrected chi connectivity index (χ2v) is 14.0. The summed E-state index contributed by atoms with van der Waals surface area (Å²) < 4.78 is 18.8. The number of carbonyl (C=O) groups is 1. The average Bonchev–Trinajstić information content (AvgIpc) is 2.94. The van der Waals surface area contributed by atoms with Crippen LogP contribution in [-0.4, -0.2) is 79.3 Å². The van der Waals surface area contributed by atoms with Gasteiger partial charge in [0.15, 0.2) is 5.82 Å². The normalized spacial score (nSPS) is 14.8. The zero-order chi connectivity index (χ0) is 29.1. The van der Waals surface area contributed by atoms with E-state index in [1.807, 2.05) is 73.7 Å². The largest absolute Gasteiger partial charge is 0.485 e. The van der Waals surface area contributed by atoms with Gasteiger partial charge in [0.05, 0.1) is 23.3 Å². The van der Waals surface area contributed by atoms with Crippen LogP contribution in [0.2, 0.25) is 5.02 Å². The minimum atomic E-state index is -2.52. The van der Waals surface area contributed by atoms with Gasteiger partial charge in [-0.15, -0.1) is 0 Å². The van der Waals surface area contributed by atoms with Gasteiger partial charge in [-0.1, -0.05) is 29.8 Å². The third kappa shape index (κ3) is 6.73. The number of ether oxygens (including phenoxy) is 1. The smallest absolute Gasteiger partial charge is 0.250 e. The van der Waals surface area contributed by atoms with E-state index < -0.39 is 7.14 Å². The maximum absolute atomic E-state index is 12.8. The van der Waals surface area contributed by atoms with Crippen molar-refractivity contribution < 1.29 is 14.1 Å². The summed E-state index contributed by atoms with van der Waals surface area (Å²) in [4.78, 5) is 27.4. The minimum absolute atomic E-state index is 0.0388. The Balaban J connectivity index is 1.30. The van der Waals surface area contributed by atoms with Crippen molar-refractivity contribution in [2.75, 3.05) is 69.2 Å². The van der Waals surface area contributed by atoms with E-state index in [0.29, 0.717) is 48.7 Å². The third-order valence-corrected chi connectivity index (χ3v) is 8.42. The summed E-state index contributed by atoms with van der Waals surface area (Å²) in [5.41, 5.74) is 3.29. The van der Waals surface area contributed by atoms with E-state index in [9.17, 15) is 9.36 Å². The van der Waals surface area contributed by atoms with Crippen molar-refractivity contribution in [3.05, 3.63) is 77.7 Å². The summed E-state index contributed by atoms with van der Waals surface area (Å²) in [5, 5.41) is 7.49. The number of halogens is 1. The highest BCUT2D eigenvalue weighted by molar-refractivity contribution is 7.70. The molecule has 0 aliphatic carbocycles. The van der Waals surface area contributed by atoms with Crippen molar-refractivity contribution in [3.8, 4) is 5.75 Å². The second kappa shape index (κ2) is 11.9. The Morgan fingerprint density at radius 1 is 1.17 bits per heavy atom. The number of hydrogen-bond donors (Lipinski definition) is 2. The van der Waals surface area contributed by atoms with E-state index in [-0.39, 0.29) is 5.91 Å². The molecule has 0 spiro atoms. The summed E-state index contributed by atoms with van der Waals surface area (Å²) >= 11 is 6.40. The van der Waals surface area contributed by atoms with E-state index >= 15 is 0 Å². The topological polar surface area (TPSA) is 103 Å². The lowest BCUT2D eigenvalue weighted by atomic mass is 10.1. The van der Waals surface area contributed by atoms with Gasteiger partial charge in [-0.2, -0.15) is 4.98 Å². The van der Waals surface area contributed by atoms with Gasteiger partial charge >= 0.3 is 0 Å². The van der Waals surface area contributed by atoms with E-state index in [1.54, 1.807) is 24.3 Å². The van der Waals surface area contributed by atoms with Crippen LogP contribution in [0.15, 0.2) is 72.7 Å². The molecule has 0 saturated carbocycles. The molecule has 0 saturated heterocycles. The molecule has 1 amide bonds. The summed E-state index contributed by atoms with van der Waals surface area (Å²) in [7, 11) is 1.40. The van der Waals surface area contributed by atoms with Crippen molar-refractivity contribution in [2.45, 2.75) is 0 Å². The standard InChI is InChI=1S/C29H33ClN7O3P/c1-35(2)13-7-10-27(38)36-14-15-37-21(18-36)19-40-25-16-20(11-12-24(25)37)32-29-31-17-22(30)28(34-29)33-23-8-5-6-9-26(23)41(3,4)39/h5-12,16-18H,13-15,19H2,1-4H3,(H2,31,32,33,34)/b10-7+. The molecule has 0 unspecified atom stereocenters. The van der Waals surface area contributed by atoms with Gasteiger partial charge in [-0.25, -0.2) is 4.98 Å². The number of fused-ring (bicyclic) bond motifs is 3. The number of rotatable bonds is 8. The molecule has 41 heavy (non-hydrogen) atoms. The molecule has 0 fully saturated rings. The van der Waals surface area contributed by atoms with E-state index in [2.05, 4.69) is 25.5 Å². The van der Waals surface area contributed by atoms with E-state index in [0.717, 1.165) is 28.1 Å². The zero-order valence-electron chi connectivity index (χ0n) is 23.5. The molecule has 214 valence electrons. The lowest BCUT2D eigenvalue weighted by Crippen LogP contribution is -2.43. The van der Waals surface area contributed by atoms with E-state index in [4.69, 9.17) is 16.3 Å². The first-order chi connectivity index (χ1) is 19.6. The predicted molar refractivity (Wildman–Crippen MR) is 166 cm³/mol. The molecule has 0 radical (unpaired) electrons. The van der Waals surface area contributed by atoms with Crippen LogP contribution in [0.25, 0.3) is 0 Å². The van der Waals surface area contributed by atoms with E-state index in [1.165, 1.54) is 6.20 Å². The fraction of sp³-hybridized carbons (Fsp3) is 0.276. The molecule has 2 aromatic carbocycles. The summed E-state index contributed by atoms with van der Waals surface area (Å²) in [5.74, 6) is 1.43. The first-order valence-electron chi connectivity index (χ1n) is 13.2. The molecule has 0 bridgehead atoms. The van der Waals surface area contributed by atoms with Gasteiger partial charge in [0.2, 0.25) is 11.9 Å². The number of para-hydroxylation sites is 1. The number of hydrogen-bond acceptors (Lipinski definition) is 9. The van der Waals surface area contributed by atoms with Crippen LogP contribution in [0.1, 0.15) is 0 Å². The average molecular weight is 594 g/mol.